The van der Waals surface area contributed by atoms with Crippen LogP contribution < -0.4 is 9.64 Å². The average Bonchev–Trinajstić information content (AvgIpc) is 3.46. The molecule has 1 aromatic heterocycles. The zero-order valence-electron chi connectivity index (χ0n) is 22.1. The molecule has 0 saturated heterocycles. The second-order valence-electron chi connectivity index (χ2n) is 9.32. The Labute approximate surface area is 266 Å². The normalized spacial score (nSPS) is 11.8. The third-order valence-corrected chi connectivity index (χ3v) is 9.09. The van der Waals surface area contributed by atoms with Crippen LogP contribution in [-0.4, -0.2) is 31.1 Å². The molecule has 0 bridgehead atoms. The minimum absolute atomic E-state index is 0.0886. The van der Waals surface area contributed by atoms with E-state index in [0.717, 1.165) is 6.07 Å². The molecule has 4 aromatic carbocycles. The molecule has 0 saturated carbocycles. The first kappa shape index (κ1) is 31.7. The van der Waals surface area contributed by atoms with Crippen LogP contribution in [0.15, 0.2) is 95.5 Å². The fraction of sp³-hybridized carbons (Fsp3) is 0.0690. The first-order valence-corrected chi connectivity index (χ1v) is 16.1. The number of anilines is 2. The number of rotatable bonds is 10. The van der Waals surface area contributed by atoms with Gasteiger partial charge in [0.05, 0.1) is 12.1 Å². The molecular formula is C29H20BrClF2N3O6PS. The number of benzene rings is 4. The Hall–Kier alpha value is -3.71. The predicted molar refractivity (Wildman–Crippen MR) is 166 cm³/mol. The summed E-state index contributed by atoms with van der Waals surface area (Å²) in [5.41, 5.74) is -3.28. The van der Waals surface area contributed by atoms with E-state index >= 15 is 0 Å². The molecule has 0 spiro atoms. The van der Waals surface area contributed by atoms with E-state index in [1.54, 1.807) is 59.5 Å². The van der Waals surface area contributed by atoms with E-state index in [1.807, 2.05) is 6.07 Å². The molecule has 1 heterocycles. The lowest BCUT2D eigenvalue weighted by Gasteiger charge is -2.23. The fourth-order valence-electron chi connectivity index (χ4n) is 4.12. The third kappa shape index (κ3) is 6.99. The molecule has 0 aliphatic rings. The molecule has 0 aliphatic carbocycles. The molecule has 5 rings (SSSR count). The number of aromatic nitrogens is 2. The van der Waals surface area contributed by atoms with Crippen molar-refractivity contribution >= 4 is 63.3 Å². The number of hydrogen-bond acceptors (Lipinski definition) is 7. The number of nitrogens with zero attached hydrogens (tertiary/aromatic N) is 3. The third-order valence-electron chi connectivity index (χ3n) is 6.23. The Morgan fingerprint density at radius 2 is 1.68 bits per heavy atom. The SMILES string of the molecule is O=C(O)c1cccc(Oc2cccc(-c3nnc(N(Cc4ccc(C(F)(F)P(=O)(O)O)c(Br)c4)c4cccc(Cl)c4)s3)c2)c1. The Morgan fingerprint density at radius 1 is 0.977 bits per heavy atom. The van der Waals surface area contributed by atoms with E-state index in [4.69, 9.17) is 26.1 Å². The van der Waals surface area contributed by atoms with Gasteiger partial charge in [0.1, 0.15) is 16.5 Å². The van der Waals surface area contributed by atoms with Gasteiger partial charge in [0.15, 0.2) is 0 Å². The number of halogens is 4. The average molecular weight is 723 g/mol. The monoisotopic (exact) mass is 721 g/mol. The second kappa shape index (κ2) is 12.7. The maximum Gasteiger partial charge on any atom is 0.399 e. The Balaban J connectivity index is 1.45. The summed E-state index contributed by atoms with van der Waals surface area (Å²) in [5, 5.41) is 19.4. The van der Waals surface area contributed by atoms with Gasteiger partial charge in [0, 0.05) is 26.3 Å². The molecule has 0 radical (unpaired) electrons. The Morgan fingerprint density at radius 3 is 2.36 bits per heavy atom. The number of alkyl halides is 2. The van der Waals surface area contributed by atoms with Crippen molar-refractivity contribution in [3.63, 3.8) is 0 Å². The van der Waals surface area contributed by atoms with Gasteiger partial charge in [0.2, 0.25) is 5.13 Å². The van der Waals surface area contributed by atoms with Crippen molar-refractivity contribution in [3.8, 4) is 22.1 Å². The van der Waals surface area contributed by atoms with Crippen LogP contribution in [0, 0.1) is 0 Å². The summed E-state index contributed by atoms with van der Waals surface area (Å²) in [6, 6.07) is 23.7. The van der Waals surface area contributed by atoms with Crippen molar-refractivity contribution in [1.82, 2.24) is 10.2 Å². The summed E-state index contributed by atoms with van der Waals surface area (Å²) in [7, 11) is -5.76. The lowest BCUT2D eigenvalue weighted by atomic mass is 10.1. The van der Waals surface area contributed by atoms with Gasteiger partial charge < -0.3 is 24.5 Å². The standard InChI is InChI=1S/C29H20BrClF2N3O6PS/c30-25-12-17(10-11-24(25)29(32,33)43(39,40)41)16-36(21-7-3-6-20(31)15-21)28-35-34-26(44-28)18-4-1-8-22(13-18)42-23-9-2-5-19(14-23)27(37)38/h1-15H,16H2,(H,37,38)(H2,39,40,41). The lowest BCUT2D eigenvalue weighted by Crippen LogP contribution is -2.18. The van der Waals surface area contributed by atoms with E-state index in [9.17, 15) is 23.2 Å². The quantitative estimate of drug-likeness (QED) is 0.121. The van der Waals surface area contributed by atoms with Crippen molar-refractivity contribution in [2.75, 3.05) is 4.90 Å². The maximum absolute atomic E-state index is 14.4. The van der Waals surface area contributed by atoms with Crippen LogP contribution in [0.4, 0.5) is 19.6 Å². The highest BCUT2D eigenvalue weighted by atomic mass is 79.9. The molecule has 5 aromatic rings. The molecule has 9 nitrogen and oxygen atoms in total. The number of carboxylic acids is 1. The summed E-state index contributed by atoms with van der Waals surface area (Å²) >= 11 is 10.5. The molecule has 0 aliphatic heterocycles. The van der Waals surface area contributed by atoms with Gasteiger partial charge >= 0.3 is 19.2 Å². The Bertz CT molecular complexity index is 1910. The summed E-state index contributed by atoms with van der Waals surface area (Å²) in [5.74, 6) is -0.273. The molecule has 226 valence electrons. The molecule has 0 amide bonds. The topological polar surface area (TPSA) is 133 Å². The van der Waals surface area contributed by atoms with Gasteiger partial charge in [-0.3, -0.25) is 4.57 Å². The van der Waals surface area contributed by atoms with E-state index < -0.39 is 24.8 Å². The van der Waals surface area contributed by atoms with E-state index in [0.29, 0.717) is 43.5 Å². The fourth-order valence-corrected chi connectivity index (χ4v) is 6.50. The van der Waals surface area contributed by atoms with Crippen molar-refractivity contribution in [2.45, 2.75) is 12.2 Å². The van der Waals surface area contributed by atoms with Gasteiger partial charge in [-0.05, 0) is 60.2 Å². The van der Waals surface area contributed by atoms with E-state index in [-0.39, 0.29) is 16.6 Å². The highest BCUT2D eigenvalue weighted by Gasteiger charge is 2.51. The second-order valence-corrected chi connectivity index (χ2v) is 13.2. The van der Waals surface area contributed by atoms with Gasteiger partial charge in [-0.25, -0.2) is 4.79 Å². The minimum atomic E-state index is -5.76. The van der Waals surface area contributed by atoms with Crippen LogP contribution in [0.5, 0.6) is 11.5 Å². The van der Waals surface area contributed by atoms with Gasteiger partial charge in [0.25, 0.3) is 0 Å². The van der Waals surface area contributed by atoms with Gasteiger partial charge in [-0.2, -0.15) is 8.78 Å². The molecule has 44 heavy (non-hydrogen) atoms. The number of hydrogen-bond donors (Lipinski definition) is 3. The number of carbonyl (C=O) groups is 1. The smallest absolute Gasteiger partial charge is 0.399 e. The summed E-state index contributed by atoms with van der Waals surface area (Å²) in [6.45, 7) is 0.123. The van der Waals surface area contributed by atoms with Crippen LogP contribution in [0.2, 0.25) is 5.02 Å². The van der Waals surface area contributed by atoms with Crippen molar-refractivity contribution in [1.29, 1.82) is 0 Å². The molecular weight excluding hydrogens is 703 g/mol. The summed E-state index contributed by atoms with van der Waals surface area (Å²) in [6.07, 6.45) is 0. The van der Waals surface area contributed by atoms with Gasteiger partial charge in [-0.15, -0.1) is 10.2 Å². The largest absolute Gasteiger partial charge is 0.478 e. The van der Waals surface area contributed by atoms with Crippen LogP contribution in [0.1, 0.15) is 21.5 Å². The lowest BCUT2D eigenvalue weighted by molar-refractivity contribution is 0.0557. The first-order chi connectivity index (χ1) is 20.8. The molecule has 0 unspecified atom stereocenters. The van der Waals surface area contributed by atoms with Crippen molar-refractivity contribution in [2.24, 2.45) is 0 Å². The van der Waals surface area contributed by atoms with Crippen LogP contribution >= 0.6 is 46.5 Å². The number of aromatic carboxylic acids is 1. The van der Waals surface area contributed by atoms with Crippen LogP contribution in [0.25, 0.3) is 10.6 Å². The number of ether oxygens (including phenoxy) is 1. The molecule has 3 N–H and O–H groups in total. The van der Waals surface area contributed by atoms with E-state index in [2.05, 4.69) is 26.1 Å². The highest BCUT2D eigenvalue weighted by molar-refractivity contribution is 9.10. The molecule has 0 atom stereocenters. The van der Waals surface area contributed by atoms with Gasteiger partial charge in [-0.1, -0.05) is 75.3 Å². The zero-order chi connectivity index (χ0) is 31.6. The van der Waals surface area contributed by atoms with Crippen molar-refractivity contribution in [3.05, 3.63) is 117 Å². The molecule has 0 fully saturated rings. The highest BCUT2D eigenvalue weighted by Crippen LogP contribution is 2.60. The summed E-state index contributed by atoms with van der Waals surface area (Å²) in [4.78, 5) is 31.4. The Kier molecular flexibility index (Phi) is 9.17. The van der Waals surface area contributed by atoms with Crippen LogP contribution in [0.3, 0.4) is 0 Å². The van der Waals surface area contributed by atoms with E-state index in [1.165, 1.54) is 35.6 Å². The first-order valence-electron chi connectivity index (χ1n) is 12.5. The summed E-state index contributed by atoms with van der Waals surface area (Å²) < 4.78 is 45.9. The number of carboxylic acid groups (broad SMARTS) is 1. The zero-order valence-corrected chi connectivity index (χ0v) is 26.2. The predicted octanol–water partition coefficient (Wildman–Crippen LogP) is 8.68. The van der Waals surface area contributed by atoms with Crippen molar-refractivity contribution < 1.29 is 37.8 Å². The molecule has 15 heteroatoms. The van der Waals surface area contributed by atoms with Crippen LogP contribution in [-0.2, 0) is 16.8 Å². The minimum Gasteiger partial charge on any atom is -0.478 e. The maximum atomic E-state index is 14.4.